The minimum atomic E-state index is -4.13. The van der Waals surface area contributed by atoms with Gasteiger partial charge in [-0.05, 0) is 75.4 Å². The molecule has 0 spiro atoms. The van der Waals surface area contributed by atoms with Gasteiger partial charge in [0.05, 0.1) is 39.0 Å². The minimum Gasteiger partial charge on any atom is -0.495 e. The fraction of sp³-hybridized carbons (Fsp3) is 0.172. The zero-order valence-electron chi connectivity index (χ0n) is 22.7. The summed E-state index contributed by atoms with van der Waals surface area (Å²) in [5.74, 6) is -0.280. The summed E-state index contributed by atoms with van der Waals surface area (Å²) in [5, 5.41) is 5.18. The van der Waals surface area contributed by atoms with Gasteiger partial charge < -0.3 is 9.30 Å². The number of hydrogen-bond donors (Lipinski definition) is 1. The molecule has 3 aromatic carbocycles. The summed E-state index contributed by atoms with van der Waals surface area (Å²) < 4.78 is 35.4. The van der Waals surface area contributed by atoms with E-state index in [4.69, 9.17) is 39.5 Å². The van der Waals surface area contributed by atoms with E-state index in [-0.39, 0.29) is 15.6 Å². The highest BCUT2D eigenvalue weighted by atomic mass is 35.5. The summed E-state index contributed by atoms with van der Waals surface area (Å²) in [6, 6.07) is 18.1. The lowest BCUT2D eigenvalue weighted by Crippen LogP contribution is -2.39. The molecule has 0 bridgehead atoms. The van der Waals surface area contributed by atoms with E-state index in [9.17, 15) is 13.2 Å². The molecule has 1 amide bonds. The van der Waals surface area contributed by atoms with Gasteiger partial charge >= 0.3 is 0 Å². The van der Waals surface area contributed by atoms with E-state index in [1.165, 1.54) is 43.7 Å². The Bertz CT molecular complexity index is 1740. The van der Waals surface area contributed by atoms with Crippen LogP contribution >= 0.6 is 34.8 Å². The molecular formula is C29H27Cl3N4O4S. The van der Waals surface area contributed by atoms with Crippen molar-refractivity contribution < 1.29 is 17.9 Å². The van der Waals surface area contributed by atoms with Crippen LogP contribution < -0.4 is 14.5 Å². The molecule has 1 heterocycles. The summed E-state index contributed by atoms with van der Waals surface area (Å²) in [6.07, 6.45) is 1.50. The van der Waals surface area contributed by atoms with E-state index in [0.717, 1.165) is 32.5 Å². The molecule has 41 heavy (non-hydrogen) atoms. The first-order chi connectivity index (χ1) is 19.4. The lowest BCUT2D eigenvalue weighted by Gasteiger charge is -2.24. The topological polar surface area (TPSA) is 93.0 Å². The number of amides is 1. The first kappa shape index (κ1) is 30.5. The van der Waals surface area contributed by atoms with Crippen LogP contribution in [0.15, 0.2) is 76.7 Å². The van der Waals surface area contributed by atoms with Gasteiger partial charge in [0.2, 0.25) is 0 Å². The molecule has 0 unspecified atom stereocenters. The van der Waals surface area contributed by atoms with Crippen molar-refractivity contribution in [2.75, 3.05) is 18.0 Å². The number of rotatable bonds is 9. The third kappa shape index (κ3) is 6.70. The fourth-order valence-corrected chi connectivity index (χ4v) is 6.20. The van der Waals surface area contributed by atoms with Gasteiger partial charge in [-0.3, -0.25) is 9.10 Å². The number of benzene rings is 3. The van der Waals surface area contributed by atoms with Gasteiger partial charge in [0, 0.05) is 22.6 Å². The molecule has 4 aromatic rings. The number of carbonyl (C=O) groups is 1. The number of sulfonamides is 1. The Labute approximate surface area is 254 Å². The average Bonchev–Trinajstić information content (AvgIpc) is 3.21. The molecule has 8 nitrogen and oxygen atoms in total. The molecule has 0 atom stereocenters. The Morgan fingerprint density at radius 3 is 2.29 bits per heavy atom. The lowest BCUT2D eigenvalue weighted by molar-refractivity contribution is -0.119. The Kier molecular flexibility index (Phi) is 9.34. The summed E-state index contributed by atoms with van der Waals surface area (Å²) in [4.78, 5) is 13.0. The first-order valence-corrected chi connectivity index (χ1v) is 14.9. The fourth-order valence-electron chi connectivity index (χ4n) is 4.24. The average molecular weight is 634 g/mol. The van der Waals surface area contributed by atoms with Crippen molar-refractivity contribution in [2.45, 2.75) is 25.7 Å². The van der Waals surface area contributed by atoms with Gasteiger partial charge in [-0.1, -0.05) is 52.5 Å². The van der Waals surface area contributed by atoms with Gasteiger partial charge in [-0.15, -0.1) is 0 Å². The van der Waals surface area contributed by atoms with Crippen LogP contribution in [0.1, 0.15) is 22.5 Å². The number of hydrazone groups is 1. The van der Waals surface area contributed by atoms with Crippen molar-refractivity contribution in [1.29, 1.82) is 0 Å². The number of hydrogen-bond acceptors (Lipinski definition) is 5. The smallest absolute Gasteiger partial charge is 0.264 e. The van der Waals surface area contributed by atoms with E-state index >= 15 is 0 Å². The third-order valence-corrected chi connectivity index (χ3v) is 9.17. The van der Waals surface area contributed by atoms with Crippen LogP contribution in [-0.4, -0.2) is 38.8 Å². The number of anilines is 1. The van der Waals surface area contributed by atoms with Gasteiger partial charge in [0.25, 0.3) is 15.9 Å². The highest BCUT2D eigenvalue weighted by Crippen LogP contribution is 2.32. The molecule has 0 aliphatic carbocycles. The number of aromatic nitrogens is 1. The second-order valence-electron chi connectivity index (χ2n) is 9.20. The van der Waals surface area contributed by atoms with Gasteiger partial charge in [-0.2, -0.15) is 5.10 Å². The molecule has 214 valence electrons. The molecular weight excluding hydrogens is 607 g/mol. The predicted octanol–water partition coefficient (Wildman–Crippen LogP) is 6.72. The number of halogens is 3. The van der Waals surface area contributed by atoms with E-state index < -0.39 is 22.5 Å². The van der Waals surface area contributed by atoms with E-state index in [2.05, 4.69) is 10.5 Å². The Hall–Kier alpha value is -3.50. The summed E-state index contributed by atoms with van der Waals surface area (Å²) in [6.45, 7) is 5.14. The monoisotopic (exact) mass is 632 g/mol. The number of methoxy groups -OCH3 is 1. The molecule has 0 aliphatic rings. The van der Waals surface area contributed by atoms with Crippen LogP contribution in [0.25, 0.3) is 5.69 Å². The molecule has 0 saturated heterocycles. The number of carbonyl (C=O) groups excluding carboxylic acids is 1. The van der Waals surface area contributed by atoms with Gasteiger partial charge in [0.15, 0.2) is 0 Å². The van der Waals surface area contributed by atoms with Crippen LogP contribution in [0.5, 0.6) is 5.75 Å². The molecule has 0 fully saturated rings. The van der Waals surface area contributed by atoms with E-state index in [0.29, 0.717) is 15.8 Å². The number of nitrogens with zero attached hydrogens (tertiary/aromatic N) is 3. The highest BCUT2D eigenvalue weighted by Gasteiger charge is 2.28. The molecule has 0 saturated carbocycles. The predicted molar refractivity (Wildman–Crippen MR) is 165 cm³/mol. The maximum atomic E-state index is 13.6. The minimum absolute atomic E-state index is 0.0288. The molecule has 1 aromatic heterocycles. The zero-order chi connectivity index (χ0) is 29.9. The maximum absolute atomic E-state index is 13.6. The Balaban J connectivity index is 1.58. The molecule has 12 heteroatoms. The summed E-state index contributed by atoms with van der Waals surface area (Å²) in [5.41, 5.74) is 6.88. The lowest BCUT2D eigenvalue weighted by atomic mass is 10.2. The standard InChI is InChI=1S/C29H27Cl3N4O4S/c1-18-5-9-24(10-6-18)41(38,39)35(22-8-12-28(40-4)27(32)14-22)17-29(37)34-33-16-21-13-19(2)36(20(21)3)23-7-11-25(30)26(31)15-23/h5-16H,17H2,1-4H3,(H,34,37)/b33-16-. The largest absolute Gasteiger partial charge is 0.495 e. The van der Waals surface area contributed by atoms with Crippen molar-refractivity contribution in [3.8, 4) is 11.4 Å². The zero-order valence-corrected chi connectivity index (χ0v) is 25.7. The van der Waals surface area contributed by atoms with Crippen LogP contribution in [0, 0.1) is 20.8 Å². The third-order valence-electron chi connectivity index (χ3n) is 6.34. The molecule has 0 radical (unpaired) electrons. The first-order valence-electron chi connectivity index (χ1n) is 12.3. The second kappa shape index (κ2) is 12.6. The number of aryl methyl sites for hydroxylation is 2. The SMILES string of the molecule is COc1ccc(N(CC(=O)N/N=C\c2cc(C)n(-c3ccc(Cl)c(Cl)c3)c2C)S(=O)(=O)c2ccc(C)cc2)cc1Cl. The second-order valence-corrected chi connectivity index (χ2v) is 12.3. The van der Waals surface area contributed by atoms with Gasteiger partial charge in [0.1, 0.15) is 12.3 Å². The van der Waals surface area contributed by atoms with Crippen LogP contribution in [0.2, 0.25) is 15.1 Å². The molecule has 4 rings (SSSR count). The van der Waals surface area contributed by atoms with Crippen LogP contribution in [0.3, 0.4) is 0 Å². The Morgan fingerprint density at radius 2 is 1.66 bits per heavy atom. The maximum Gasteiger partial charge on any atom is 0.264 e. The van der Waals surface area contributed by atoms with Gasteiger partial charge in [-0.25, -0.2) is 13.8 Å². The van der Waals surface area contributed by atoms with Crippen LogP contribution in [0.4, 0.5) is 5.69 Å². The number of ether oxygens (including phenoxy) is 1. The van der Waals surface area contributed by atoms with Crippen molar-refractivity contribution >= 4 is 62.6 Å². The Morgan fingerprint density at radius 1 is 0.951 bits per heavy atom. The molecule has 1 N–H and O–H groups in total. The van der Waals surface area contributed by atoms with Crippen LogP contribution in [-0.2, 0) is 14.8 Å². The van der Waals surface area contributed by atoms with Crippen molar-refractivity contribution in [3.63, 3.8) is 0 Å². The van der Waals surface area contributed by atoms with E-state index in [1.807, 2.05) is 37.5 Å². The molecule has 0 aliphatic heterocycles. The summed E-state index contributed by atoms with van der Waals surface area (Å²) in [7, 11) is -2.67. The van der Waals surface area contributed by atoms with Crippen molar-refractivity contribution in [3.05, 3.63) is 104 Å². The summed E-state index contributed by atoms with van der Waals surface area (Å²) >= 11 is 18.5. The quantitative estimate of drug-likeness (QED) is 0.164. The van der Waals surface area contributed by atoms with Crippen molar-refractivity contribution in [2.24, 2.45) is 5.10 Å². The normalized spacial score (nSPS) is 11.6. The van der Waals surface area contributed by atoms with E-state index in [1.54, 1.807) is 24.3 Å². The van der Waals surface area contributed by atoms with Crippen molar-refractivity contribution in [1.82, 2.24) is 9.99 Å². The highest BCUT2D eigenvalue weighted by molar-refractivity contribution is 7.92. The number of nitrogens with one attached hydrogen (secondary N) is 1.